The lowest BCUT2D eigenvalue weighted by Crippen LogP contribution is -2.43. The van der Waals surface area contributed by atoms with Gasteiger partial charge in [-0.3, -0.25) is 9.59 Å². The number of nitrogens with one attached hydrogen (secondary N) is 1. The van der Waals surface area contributed by atoms with E-state index in [1.807, 2.05) is 65.6 Å². The van der Waals surface area contributed by atoms with Gasteiger partial charge in [-0.2, -0.15) is 0 Å². The Morgan fingerprint density at radius 3 is 1.96 bits per heavy atom. The van der Waals surface area contributed by atoms with Crippen molar-refractivity contribution in [2.45, 2.75) is 12.8 Å². The quantitative estimate of drug-likeness (QED) is 0.762. The number of carbonyl (C=O) groups is 2. The number of likely N-dealkylation sites (tertiary alicyclic amines) is 1. The van der Waals surface area contributed by atoms with Gasteiger partial charge in [-0.15, -0.1) is 0 Å². The van der Waals surface area contributed by atoms with Crippen LogP contribution in [0.4, 0.5) is 0 Å². The van der Waals surface area contributed by atoms with Crippen LogP contribution < -0.4 is 14.8 Å². The monoisotopic (exact) mass is 382 g/mol. The van der Waals surface area contributed by atoms with Gasteiger partial charge in [0.1, 0.15) is 11.5 Å². The van der Waals surface area contributed by atoms with Crippen LogP contribution in [0.1, 0.15) is 12.8 Å². The molecule has 148 valence electrons. The van der Waals surface area contributed by atoms with E-state index in [-0.39, 0.29) is 25.0 Å². The third kappa shape index (κ3) is 6.30. The van der Waals surface area contributed by atoms with E-state index in [4.69, 9.17) is 9.47 Å². The van der Waals surface area contributed by atoms with E-state index in [9.17, 15) is 9.59 Å². The molecule has 2 aromatic rings. The SMILES string of the molecule is O=C(COc1ccccc1)NCC1CCN(C(=O)COc2ccccc2)CC1. The number of benzene rings is 2. The zero-order valence-corrected chi connectivity index (χ0v) is 15.9. The van der Waals surface area contributed by atoms with Crippen molar-refractivity contribution in [1.82, 2.24) is 10.2 Å². The number of hydrogen-bond acceptors (Lipinski definition) is 4. The third-order valence-corrected chi connectivity index (χ3v) is 4.77. The molecule has 1 N–H and O–H groups in total. The number of nitrogens with zero attached hydrogens (tertiary/aromatic N) is 1. The van der Waals surface area contributed by atoms with Crippen LogP contribution in [0.25, 0.3) is 0 Å². The molecule has 6 nitrogen and oxygen atoms in total. The van der Waals surface area contributed by atoms with E-state index < -0.39 is 0 Å². The zero-order chi connectivity index (χ0) is 19.6. The highest BCUT2D eigenvalue weighted by Gasteiger charge is 2.23. The highest BCUT2D eigenvalue weighted by atomic mass is 16.5. The summed E-state index contributed by atoms with van der Waals surface area (Å²) in [5.41, 5.74) is 0. The van der Waals surface area contributed by atoms with Gasteiger partial charge >= 0.3 is 0 Å². The van der Waals surface area contributed by atoms with Gasteiger partial charge in [0, 0.05) is 19.6 Å². The van der Waals surface area contributed by atoms with Crippen LogP contribution in [0.2, 0.25) is 0 Å². The first-order valence-electron chi connectivity index (χ1n) is 9.61. The highest BCUT2D eigenvalue weighted by Crippen LogP contribution is 2.17. The molecule has 1 saturated heterocycles. The van der Waals surface area contributed by atoms with Crippen LogP contribution in [0, 0.1) is 5.92 Å². The standard InChI is InChI=1S/C22H26N2O4/c25-21(16-27-19-7-3-1-4-8-19)23-15-18-11-13-24(14-12-18)22(26)17-28-20-9-5-2-6-10-20/h1-10,18H,11-17H2,(H,23,25). The Bertz CT molecular complexity index is 744. The Morgan fingerprint density at radius 1 is 0.857 bits per heavy atom. The average molecular weight is 382 g/mol. The smallest absolute Gasteiger partial charge is 0.260 e. The molecule has 28 heavy (non-hydrogen) atoms. The predicted octanol–water partition coefficient (Wildman–Crippen LogP) is 2.50. The maximum absolute atomic E-state index is 12.3. The molecule has 1 aliphatic heterocycles. The van der Waals surface area contributed by atoms with E-state index >= 15 is 0 Å². The summed E-state index contributed by atoms with van der Waals surface area (Å²) in [6.45, 7) is 2.07. The maximum atomic E-state index is 12.3. The second kappa shape index (κ2) is 10.3. The van der Waals surface area contributed by atoms with E-state index in [2.05, 4.69) is 5.32 Å². The maximum Gasteiger partial charge on any atom is 0.260 e. The number of piperidine rings is 1. The summed E-state index contributed by atoms with van der Waals surface area (Å²) in [6.07, 6.45) is 1.74. The van der Waals surface area contributed by atoms with Crippen LogP contribution in [-0.4, -0.2) is 49.6 Å². The minimum atomic E-state index is -0.126. The topological polar surface area (TPSA) is 67.9 Å². The lowest BCUT2D eigenvalue weighted by Gasteiger charge is -2.32. The van der Waals surface area contributed by atoms with Gasteiger partial charge < -0.3 is 19.7 Å². The fourth-order valence-corrected chi connectivity index (χ4v) is 3.11. The number of hydrogen-bond donors (Lipinski definition) is 1. The summed E-state index contributed by atoms with van der Waals surface area (Å²) in [5, 5.41) is 2.92. The molecule has 0 aromatic heterocycles. The van der Waals surface area contributed by atoms with Gasteiger partial charge in [-0.1, -0.05) is 36.4 Å². The molecule has 1 fully saturated rings. The fraction of sp³-hybridized carbons (Fsp3) is 0.364. The summed E-state index contributed by atoms with van der Waals surface area (Å²) in [5.74, 6) is 1.63. The molecule has 6 heteroatoms. The Labute approximate surface area is 165 Å². The van der Waals surface area contributed by atoms with Gasteiger partial charge in [0.25, 0.3) is 11.8 Å². The summed E-state index contributed by atoms with van der Waals surface area (Å²) < 4.78 is 11.0. The van der Waals surface area contributed by atoms with E-state index in [1.54, 1.807) is 0 Å². The van der Waals surface area contributed by atoms with E-state index in [1.165, 1.54) is 0 Å². The van der Waals surface area contributed by atoms with Crippen molar-refractivity contribution < 1.29 is 19.1 Å². The van der Waals surface area contributed by atoms with Crippen molar-refractivity contribution in [3.05, 3.63) is 60.7 Å². The lowest BCUT2D eigenvalue weighted by atomic mass is 9.97. The number of rotatable bonds is 8. The molecule has 0 spiro atoms. The molecule has 0 atom stereocenters. The molecule has 2 amide bonds. The van der Waals surface area contributed by atoms with E-state index in [0.717, 1.165) is 12.8 Å². The summed E-state index contributed by atoms with van der Waals surface area (Å²) in [6, 6.07) is 18.6. The van der Waals surface area contributed by atoms with Crippen molar-refractivity contribution in [1.29, 1.82) is 0 Å². The molecule has 0 bridgehead atoms. The minimum Gasteiger partial charge on any atom is -0.484 e. The highest BCUT2D eigenvalue weighted by molar-refractivity contribution is 5.78. The van der Waals surface area contributed by atoms with Crippen molar-refractivity contribution in [2.24, 2.45) is 5.92 Å². The molecule has 2 aromatic carbocycles. The van der Waals surface area contributed by atoms with Crippen molar-refractivity contribution in [3.63, 3.8) is 0 Å². The first kappa shape index (κ1) is 19.7. The van der Waals surface area contributed by atoms with Crippen molar-refractivity contribution in [3.8, 4) is 11.5 Å². The Hall–Kier alpha value is -3.02. The molecule has 0 unspecified atom stereocenters. The Kier molecular flexibility index (Phi) is 7.29. The van der Waals surface area contributed by atoms with Gasteiger partial charge in [0.05, 0.1) is 0 Å². The Balaban J connectivity index is 1.30. The van der Waals surface area contributed by atoms with Crippen molar-refractivity contribution in [2.75, 3.05) is 32.8 Å². The normalized spacial score (nSPS) is 14.4. The molecule has 0 aliphatic carbocycles. The fourth-order valence-electron chi connectivity index (χ4n) is 3.11. The first-order valence-corrected chi connectivity index (χ1v) is 9.61. The molecular weight excluding hydrogens is 356 g/mol. The Morgan fingerprint density at radius 2 is 1.39 bits per heavy atom. The third-order valence-electron chi connectivity index (χ3n) is 4.77. The zero-order valence-electron chi connectivity index (χ0n) is 15.9. The van der Waals surface area contributed by atoms with E-state index in [0.29, 0.717) is 37.1 Å². The predicted molar refractivity (Wildman–Crippen MR) is 106 cm³/mol. The molecular formula is C22H26N2O4. The van der Waals surface area contributed by atoms with Gasteiger partial charge in [-0.25, -0.2) is 0 Å². The van der Waals surface area contributed by atoms with Gasteiger partial charge in [0.2, 0.25) is 0 Å². The lowest BCUT2D eigenvalue weighted by molar-refractivity contribution is -0.135. The minimum absolute atomic E-state index is 0.00241. The summed E-state index contributed by atoms with van der Waals surface area (Å²) in [7, 11) is 0. The van der Waals surface area contributed by atoms with Gasteiger partial charge in [0.15, 0.2) is 13.2 Å². The van der Waals surface area contributed by atoms with Crippen molar-refractivity contribution >= 4 is 11.8 Å². The molecule has 3 rings (SSSR count). The number of carbonyl (C=O) groups excluding carboxylic acids is 2. The van der Waals surface area contributed by atoms with Crippen LogP contribution >= 0.6 is 0 Å². The second-order valence-electron chi connectivity index (χ2n) is 6.83. The van der Waals surface area contributed by atoms with Crippen LogP contribution in [0.15, 0.2) is 60.7 Å². The number of ether oxygens (including phenoxy) is 2. The average Bonchev–Trinajstić information content (AvgIpc) is 2.76. The molecule has 1 aliphatic rings. The molecule has 1 heterocycles. The van der Waals surface area contributed by atoms with Gasteiger partial charge in [-0.05, 0) is 43.0 Å². The van der Waals surface area contributed by atoms with Crippen LogP contribution in [0.3, 0.4) is 0 Å². The largest absolute Gasteiger partial charge is 0.484 e. The molecule has 0 saturated carbocycles. The summed E-state index contributed by atoms with van der Waals surface area (Å²) >= 11 is 0. The number of amides is 2. The first-order chi connectivity index (χ1) is 13.7. The summed E-state index contributed by atoms with van der Waals surface area (Å²) in [4.78, 5) is 26.0. The number of para-hydroxylation sites is 2. The molecule has 0 radical (unpaired) electrons. The van der Waals surface area contributed by atoms with Crippen LogP contribution in [-0.2, 0) is 9.59 Å². The van der Waals surface area contributed by atoms with Crippen LogP contribution in [0.5, 0.6) is 11.5 Å². The second-order valence-corrected chi connectivity index (χ2v) is 6.83.